The summed E-state index contributed by atoms with van der Waals surface area (Å²) in [6, 6.07) is 72.2. The summed E-state index contributed by atoms with van der Waals surface area (Å²) in [5.41, 5.74) is 5.19. The van der Waals surface area contributed by atoms with E-state index in [1.807, 2.05) is 207 Å². The van der Waals surface area contributed by atoms with Crippen LogP contribution in [0.15, 0.2) is 243 Å². The van der Waals surface area contributed by atoms with Crippen LogP contribution >= 0.6 is 0 Å². The minimum absolute atomic E-state index is 0. The molecular formula is C74H70Cl2N2O8. The molecule has 0 aliphatic carbocycles. The summed E-state index contributed by atoms with van der Waals surface area (Å²) in [6.45, 7) is 4.50. The monoisotopic (exact) mass is 1180 g/mol. The lowest BCUT2D eigenvalue weighted by Crippen LogP contribution is -3.00. The first kappa shape index (κ1) is 65.8. The third-order valence-electron chi connectivity index (χ3n) is 14.9. The Morgan fingerprint density at radius 1 is 0.256 bits per heavy atom. The van der Waals surface area contributed by atoms with Gasteiger partial charge in [-0.15, -0.1) is 0 Å². The quantitative estimate of drug-likeness (QED) is 0.0737. The smallest absolute Gasteiger partial charge is 0.169 e. The molecule has 12 aromatic carbocycles. The van der Waals surface area contributed by atoms with Gasteiger partial charge >= 0.3 is 0 Å². The van der Waals surface area contributed by atoms with Gasteiger partial charge in [0.15, 0.2) is 24.8 Å². The molecule has 14 rings (SSSR count). The van der Waals surface area contributed by atoms with Crippen molar-refractivity contribution in [1.82, 2.24) is 0 Å². The van der Waals surface area contributed by atoms with Crippen molar-refractivity contribution >= 4 is 86.2 Å². The zero-order valence-corrected chi connectivity index (χ0v) is 49.8. The molecule has 0 aliphatic rings. The standard InChI is InChI=1S/2C28H18O2.C12H14N2.2C3H8O.2ClH.2H2O/c2*29-27-23-15-7-3-11-19(23)17-9-1-5-13-21(17)25(27)26-22-14-6-2-10-18(22)20-12-4-8-16-24(20)28(26)30;1-13-7-3-11(4-8-13)12-5-9-14(2)10-6-12;2*1-2-3-4;;;;/h2*1-16,29-30H;3-10H,1-2H3;2*4H,2-3H2,1H3;2*1H;2*1H2/q;;+2;;;;;;/p-2. The van der Waals surface area contributed by atoms with Crippen LogP contribution in [0.1, 0.15) is 26.7 Å². The Kier molecular flexibility index (Phi) is 22.9. The van der Waals surface area contributed by atoms with E-state index in [-0.39, 0.29) is 58.8 Å². The van der Waals surface area contributed by atoms with E-state index in [1.165, 1.54) is 11.1 Å². The van der Waals surface area contributed by atoms with Gasteiger partial charge in [0.05, 0.1) is 0 Å². The number of hydrogen-bond acceptors (Lipinski definition) is 6. The molecular weight excluding hydrogens is 1120 g/mol. The van der Waals surface area contributed by atoms with Crippen LogP contribution in [0.2, 0.25) is 0 Å². The summed E-state index contributed by atoms with van der Waals surface area (Å²) in [7, 11) is 4.05. The van der Waals surface area contributed by atoms with Crippen molar-refractivity contribution in [3.63, 3.8) is 0 Å². The fourth-order valence-corrected chi connectivity index (χ4v) is 10.9. The number of hydrogen-bond donors (Lipinski definition) is 6. The minimum Gasteiger partial charge on any atom is -1.00 e. The van der Waals surface area contributed by atoms with E-state index < -0.39 is 0 Å². The Bertz CT molecular complexity index is 4050. The highest BCUT2D eigenvalue weighted by Crippen LogP contribution is 2.53. The molecule has 0 saturated carbocycles. The zero-order chi connectivity index (χ0) is 57.3. The van der Waals surface area contributed by atoms with Gasteiger partial charge in [-0.2, -0.15) is 0 Å². The lowest BCUT2D eigenvalue weighted by atomic mass is 9.87. The van der Waals surface area contributed by atoms with Crippen molar-refractivity contribution in [3.05, 3.63) is 243 Å². The number of phenolic OH excluding ortho intramolecular Hbond substituents is 4. The van der Waals surface area contributed by atoms with Crippen LogP contribution < -0.4 is 33.9 Å². The maximum absolute atomic E-state index is 11.4. The molecule has 0 spiro atoms. The van der Waals surface area contributed by atoms with Gasteiger partial charge in [0, 0.05) is 81.3 Å². The number of pyridine rings is 2. The van der Waals surface area contributed by atoms with Gasteiger partial charge in [0.25, 0.3) is 0 Å². The van der Waals surface area contributed by atoms with Gasteiger partial charge in [0.1, 0.15) is 37.1 Å². The molecule has 10 N–H and O–H groups in total. The summed E-state index contributed by atoms with van der Waals surface area (Å²) in [4.78, 5) is 0. The molecule has 0 bridgehead atoms. The Hall–Kier alpha value is -9.36. The van der Waals surface area contributed by atoms with Crippen LogP contribution in [-0.4, -0.2) is 54.8 Å². The summed E-state index contributed by atoms with van der Waals surface area (Å²) in [5.74, 6) is 0.778. The van der Waals surface area contributed by atoms with Crippen molar-refractivity contribution < 1.29 is 75.5 Å². The molecule has 12 heteroatoms. The number of phenols is 4. The summed E-state index contributed by atoms with van der Waals surface area (Å²) in [6.07, 6.45) is 9.98. The molecule has 0 fully saturated rings. The highest BCUT2D eigenvalue weighted by Gasteiger charge is 2.24. The number of aryl methyl sites for hydroxylation is 2. The number of aliphatic hydroxyl groups excluding tert-OH is 2. The molecule has 0 radical (unpaired) electrons. The minimum atomic E-state index is 0. The number of fused-ring (bicyclic) bond motifs is 12. The van der Waals surface area contributed by atoms with Crippen LogP contribution in [0.5, 0.6) is 23.0 Å². The Morgan fingerprint density at radius 2 is 0.395 bits per heavy atom. The van der Waals surface area contributed by atoms with E-state index >= 15 is 0 Å². The Labute approximate surface area is 512 Å². The van der Waals surface area contributed by atoms with Gasteiger partial charge < -0.3 is 66.4 Å². The second-order valence-corrected chi connectivity index (χ2v) is 20.2. The summed E-state index contributed by atoms with van der Waals surface area (Å²) < 4.78 is 4.07. The van der Waals surface area contributed by atoms with Crippen molar-refractivity contribution in [2.24, 2.45) is 14.1 Å². The number of aromatic nitrogens is 2. The van der Waals surface area contributed by atoms with Gasteiger partial charge in [-0.25, -0.2) is 9.13 Å². The highest BCUT2D eigenvalue weighted by atomic mass is 35.5. The first-order valence-electron chi connectivity index (χ1n) is 27.7. The lowest BCUT2D eigenvalue weighted by molar-refractivity contribution is -0.671. The van der Waals surface area contributed by atoms with Crippen LogP contribution in [-0.2, 0) is 14.1 Å². The predicted octanol–water partition coefficient (Wildman–Crippen LogP) is 8.89. The number of halogens is 2. The van der Waals surface area contributed by atoms with Gasteiger partial charge in [0.2, 0.25) is 0 Å². The number of rotatable bonds is 5. The first-order chi connectivity index (χ1) is 40.1. The molecule has 10 nitrogen and oxygen atoms in total. The molecule has 2 aromatic heterocycles. The second-order valence-electron chi connectivity index (χ2n) is 20.2. The molecule has 438 valence electrons. The van der Waals surface area contributed by atoms with Crippen LogP contribution in [0, 0.1) is 0 Å². The van der Waals surface area contributed by atoms with E-state index in [0.29, 0.717) is 35.5 Å². The molecule has 0 unspecified atom stereocenters. The van der Waals surface area contributed by atoms with E-state index in [0.717, 1.165) is 99.0 Å². The second kappa shape index (κ2) is 29.9. The maximum Gasteiger partial charge on any atom is 0.169 e. The molecule has 0 aliphatic heterocycles. The number of aliphatic hydroxyl groups is 2. The predicted molar refractivity (Wildman–Crippen MR) is 347 cm³/mol. The highest BCUT2D eigenvalue weighted by molar-refractivity contribution is 6.26. The molecule has 86 heavy (non-hydrogen) atoms. The summed E-state index contributed by atoms with van der Waals surface area (Å²) >= 11 is 0. The SMILES string of the molecule is CCCO.CCCO.C[n+]1ccc(-c2cc[n+](C)cc2)cc1.O.O.Oc1c(-c2c(O)c3ccccc3c3ccccc23)c2ccccc2c2ccccc12.Oc1c(-c2c(O)c3ccccc3c3ccccc23)c2ccccc2c2ccccc12.[Cl-].[Cl-]. The Balaban J connectivity index is 0.000000199. The van der Waals surface area contributed by atoms with E-state index in [4.69, 9.17) is 10.2 Å². The largest absolute Gasteiger partial charge is 1.00 e. The van der Waals surface area contributed by atoms with E-state index in [9.17, 15) is 20.4 Å². The molecule has 14 aromatic rings. The average molecular weight is 1190 g/mol. The maximum atomic E-state index is 11.4. The summed E-state index contributed by atoms with van der Waals surface area (Å²) in [5, 5.41) is 76.5. The van der Waals surface area contributed by atoms with Crippen molar-refractivity contribution in [2.75, 3.05) is 13.2 Å². The third kappa shape index (κ3) is 13.0. The first-order valence-corrected chi connectivity index (χ1v) is 27.7. The van der Waals surface area contributed by atoms with Crippen molar-refractivity contribution in [1.29, 1.82) is 0 Å². The van der Waals surface area contributed by atoms with Crippen LogP contribution in [0.3, 0.4) is 0 Å². The molecule has 0 amide bonds. The average Bonchev–Trinajstić information content (AvgIpc) is 0.892. The van der Waals surface area contributed by atoms with Gasteiger partial charge in [-0.3, -0.25) is 0 Å². The van der Waals surface area contributed by atoms with Gasteiger partial charge in [-0.1, -0.05) is 208 Å². The van der Waals surface area contributed by atoms with Crippen molar-refractivity contribution in [3.8, 4) is 56.4 Å². The van der Waals surface area contributed by atoms with E-state index in [2.05, 4.69) is 73.3 Å². The number of aromatic hydroxyl groups is 4. The topological polar surface area (TPSA) is 192 Å². The number of nitrogens with zero attached hydrogens (tertiary/aromatic N) is 2. The third-order valence-corrected chi connectivity index (χ3v) is 14.9. The van der Waals surface area contributed by atoms with Gasteiger partial charge in [-0.05, 0) is 88.6 Å². The normalized spacial score (nSPS) is 10.4. The van der Waals surface area contributed by atoms with Crippen molar-refractivity contribution in [2.45, 2.75) is 26.7 Å². The van der Waals surface area contributed by atoms with Crippen LogP contribution in [0.25, 0.3) is 120 Å². The number of benzene rings is 12. The van der Waals surface area contributed by atoms with E-state index in [1.54, 1.807) is 0 Å². The lowest BCUT2D eigenvalue weighted by Gasteiger charge is -2.18. The molecule has 0 atom stereocenters. The fourth-order valence-electron chi connectivity index (χ4n) is 10.9. The molecule has 0 saturated heterocycles. The Morgan fingerprint density at radius 3 is 0.558 bits per heavy atom. The molecule has 2 heterocycles. The zero-order valence-electron chi connectivity index (χ0n) is 48.3. The van der Waals surface area contributed by atoms with Crippen LogP contribution in [0.4, 0.5) is 0 Å². The fraction of sp³-hybridized carbons (Fsp3) is 0.108.